The Hall–Kier alpha value is -1.79. The molecule has 0 N–H and O–H groups in total. The summed E-state index contributed by atoms with van der Waals surface area (Å²) in [6.07, 6.45) is 5.56. The van der Waals surface area contributed by atoms with Crippen LogP contribution in [-0.4, -0.2) is 30.4 Å². The van der Waals surface area contributed by atoms with Crippen LogP contribution in [0.4, 0.5) is 10.1 Å². The summed E-state index contributed by atoms with van der Waals surface area (Å²) >= 11 is 5.08. The molecule has 0 atom stereocenters. The van der Waals surface area contributed by atoms with Gasteiger partial charge in [-0.25, -0.2) is 4.39 Å². The van der Waals surface area contributed by atoms with Gasteiger partial charge in [0.2, 0.25) is 0 Å². The maximum absolute atomic E-state index is 14.2. The van der Waals surface area contributed by atoms with Crippen molar-refractivity contribution in [3.8, 4) is 5.75 Å². The molecule has 3 nitrogen and oxygen atoms in total. The molecular formula is C21H20BrFN2OS. The molecule has 2 aromatic carbocycles. The van der Waals surface area contributed by atoms with Gasteiger partial charge in [-0.05, 0) is 48.7 Å². The molecule has 4 rings (SSSR count). The standard InChI is InChI=1S/C21H20BrFN2OS/c1-27-16-3-5-21(18(23)13-16)26-15-7-10-25(11-8-15)20-6-9-24-19-4-2-14(22)12-17(19)20/h2-6,9,12-13,15H,7-8,10-11H2,1H3. The van der Waals surface area contributed by atoms with Crippen LogP contribution in [0.3, 0.4) is 0 Å². The number of hydrogen-bond donors (Lipinski definition) is 0. The number of benzene rings is 2. The number of rotatable bonds is 4. The molecule has 1 saturated heterocycles. The summed E-state index contributed by atoms with van der Waals surface area (Å²) in [7, 11) is 0. The average Bonchev–Trinajstić information content (AvgIpc) is 2.69. The van der Waals surface area contributed by atoms with E-state index in [9.17, 15) is 4.39 Å². The number of thioether (sulfide) groups is 1. The normalized spacial score (nSPS) is 15.3. The first-order chi connectivity index (χ1) is 13.1. The lowest BCUT2D eigenvalue weighted by molar-refractivity contribution is 0.164. The fourth-order valence-corrected chi connectivity index (χ4v) is 4.26. The number of fused-ring (bicyclic) bond motifs is 1. The lowest BCUT2D eigenvalue weighted by Gasteiger charge is -2.34. The van der Waals surface area contributed by atoms with Gasteiger partial charge in [0.15, 0.2) is 11.6 Å². The molecule has 6 heteroatoms. The Balaban J connectivity index is 1.46. The first-order valence-electron chi connectivity index (χ1n) is 8.93. The number of ether oxygens (including phenoxy) is 1. The van der Waals surface area contributed by atoms with Gasteiger partial charge in [-0.1, -0.05) is 15.9 Å². The van der Waals surface area contributed by atoms with E-state index in [1.165, 1.54) is 23.5 Å². The lowest BCUT2D eigenvalue weighted by atomic mass is 10.1. The Labute approximate surface area is 171 Å². The summed E-state index contributed by atoms with van der Waals surface area (Å²) in [6, 6.07) is 13.4. The van der Waals surface area contributed by atoms with Crippen LogP contribution in [0.15, 0.2) is 58.0 Å². The van der Waals surface area contributed by atoms with Gasteiger partial charge in [-0.3, -0.25) is 4.98 Å². The quantitative estimate of drug-likeness (QED) is 0.465. The Morgan fingerprint density at radius 1 is 1.15 bits per heavy atom. The Morgan fingerprint density at radius 3 is 2.70 bits per heavy atom. The van der Waals surface area contributed by atoms with Crippen molar-refractivity contribution in [2.75, 3.05) is 24.2 Å². The van der Waals surface area contributed by atoms with Crippen LogP contribution in [0.5, 0.6) is 5.75 Å². The molecule has 0 aliphatic carbocycles. The van der Waals surface area contributed by atoms with Crippen LogP contribution >= 0.6 is 27.7 Å². The van der Waals surface area contributed by atoms with Crippen molar-refractivity contribution in [2.45, 2.75) is 23.8 Å². The Bertz CT molecular complexity index is 960. The van der Waals surface area contributed by atoms with Crippen molar-refractivity contribution < 1.29 is 9.13 Å². The predicted octanol–water partition coefficient (Wildman–Crippen LogP) is 5.91. The number of aromatic nitrogens is 1. The molecule has 0 spiro atoms. The van der Waals surface area contributed by atoms with Gasteiger partial charge in [-0.15, -0.1) is 11.8 Å². The van der Waals surface area contributed by atoms with E-state index in [0.717, 1.165) is 46.2 Å². The number of halogens is 2. The van der Waals surface area contributed by atoms with E-state index in [0.29, 0.717) is 5.75 Å². The van der Waals surface area contributed by atoms with E-state index >= 15 is 0 Å². The fourth-order valence-electron chi connectivity index (χ4n) is 3.48. The van der Waals surface area contributed by atoms with E-state index in [1.54, 1.807) is 6.07 Å². The minimum absolute atomic E-state index is 0.0377. The largest absolute Gasteiger partial charge is 0.487 e. The first kappa shape index (κ1) is 18.6. The van der Waals surface area contributed by atoms with Gasteiger partial charge in [0.05, 0.1) is 5.52 Å². The molecule has 1 fully saturated rings. The van der Waals surface area contributed by atoms with Crippen LogP contribution in [0, 0.1) is 5.82 Å². The van der Waals surface area contributed by atoms with E-state index in [2.05, 4.69) is 37.9 Å². The molecule has 0 amide bonds. The summed E-state index contributed by atoms with van der Waals surface area (Å²) in [5, 5.41) is 1.14. The fraction of sp³-hybridized carbons (Fsp3) is 0.286. The van der Waals surface area contributed by atoms with Gasteiger partial charge >= 0.3 is 0 Å². The van der Waals surface area contributed by atoms with Crippen LogP contribution < -0.4 is 9.64 Å². The van der Waals surface area contributed by atoms with E-state index in [-0.39, 0.29) is 11.9 Å². The summed E-state index contributed by atoms with van der Waals surface area (Å²) in [6.45, 7) is 1.75. The molecule has 1 aliphatic heterocycles. The molecule has 0 radical (unpaired) electrons. The summed E-state index contributed by atoms with van der Waals surface area (Å²) < 4.78 is 21.2. The lowest BCUT2D eigenvalue weighted by Crippen LogP contribution is -2.38. The second-order valence-corrected chi connectivity index (χ2v) is 8.39. The van der Waals surface area contributed by atoms with Crippen molar-refractivity contribution >= 4 is 44.3 Å². The van der Waals surface area contributed by atoms with Crippen molar-refractivity contribution in [2.24, 2.45) is 0 Å². The Morgan fingerprint density at radius 2 is 1.96 bits per heavy atom. The van der Waals surface area contributed by atoms with Gasteiger partial charge in [0.25, 0.3) is 0 Å². The smallest absolute Gasteiger partial charge is 0.166 e. The van der Waals surface area contributed by atoms with E-state index in [1.807, 2.05) is 30.7 Å². The third-order valence-corrected chi connectivity index (χ3v) is 6.11. The van der Waals surface area contributed by atoms with Crippen molar-refractivity contribution in [1.29, 1.82) is 0 Å². The molecule has 140 valence electrons. The first-order valence-corrected chi connectivity index (χ1v) is 11.0. The van der Waals surface area contributed by atoms with Crippen molar-refractivity contribution in [3.05, 3.63) is 59.0 Å². The number of piperidine rings is 1. The molecule has 1 aliphatic rings. The zero-order chi connectivity index (χ0) is 18.8. The minimum atomic E-state index is -0.283. The van der Waals surface area contributed by atoms with E-state index < -0.39 is 0 Å². The summed E-state index contributed by atoms with van der Waals surface area (Å²) in [4.78, 5) is 7.73. The zero-order valence-electron chi connectivity index (χ0n) is 15.0. The predicted molar refractivity (Wildman–Crippen MR) is 113 cm³/mol. The summed E-state index contributed by atoms with van der Waals surface area (Å²) in [5.74, 6) is 0.0683. The maximum Gasteiger partial charge on any atom is 0.166 e. The van der Waals surface area contributed by atoms with Crippen LogP contribution in [0.1, 0.15) is 12.8 Å². The SMILES string of the molecule is CSc1ccc(OC2CCN(c3ccnc4ccc(Br)cc34)CC2)c(F)c1. The molecule has 0 unspecified atom stereocenters. The minimum Gasteiger partial charge on any atom is -0.487 e. The highest BCUT2D eigenvalue weighted by Gasteiger charge is 2.23. The van der Waals surface area contributed by atoms with Crippen molar-refractivity contribution in [1.82, 2.24) is 4.98 Å². The molecule has 0 bridgehead atoms. The highest BCUT2D eigenvalue weighted by atomic mass is 79.9. The van der Waals surface area contributed by atoms with Gasteiger partial charge < -0.3 is 9.64 Å². The maximum atomic E-state index is 14.2. The van der Waals surface area contributed by atoms with Crippen molar-refractivity contribution in [3.63, 3.8) is 0 Å². The molecular weight excluding hydrogens is 427 g/mol. The number of hydrogen-bond acceptors (Lipinski definition) is 4. The zero-order valence-corrected chi connectivity index (χ0v) is 17.4. The third kappa shape index (κ3) is 4.06. The second-order valence-electron chi connectivity index (χ2n) is 6.59. The van der Waals surface area contributed by atoms with Crippen LogP contribution in [0.25, 0.3) is 10.9 Å². The van der Waals surface area contributed by atoms with E-state index in [4.69, 9.17) is 4.74 Å². The monoisotopic (exact) mass is 446 g/mol. The number of nitrogens with zero attached hydrogens (tertiary/aromatic N) is 2. The average molecular weight is 447 g/mol. The van der Waals surface area contributed by atoms with Crippen LogP contribution in [0.2, 0.25) is 0 Å². The highest BCUT2D eigenvalue weighted by molar-refractivity contribution is 9.10. The number of anilines is 1. The molecule has 27 heavy (non-hydrogen) atoms. The van der Waals surface area contributed by atoms with Gasteiger partial charge in [-0.2, -0.15) is 0 Å². The summed E-state index contributed by atoms with van der Waals surface area (Å²) in [5.41, 5.74) is 2.18. The van der Waals surface area contributed by atoms with Gasteiger partial charge in [0.1, 0.15) is 6.10 Å². The second kappa shape index (κ2) is 8.07. The topological polar surface area (TPSA) is 25.4 Å². The molecule has 2 heterocycles. The highest BCUT2D eigenvalue weighted by Crippen LogP contribution is 2.31. The Kier molecular flexibility index (Phi) is 5.55. The van der Waals surface area contributed by atoms with Crippen LogP contribution in [-0.2, 0) is 0 Å². The van der Waals surface area contributed by atoms with Gasteiger partial charge in [0, 0.05) is 52.6 Å². The number of pyridine rings is 1. The third-order valence-electron chi connectivity index (χ3n) is 4.90. The molecule has 1 aromatic heterocycles. The molecule has 3 aromatic rings. The molecule has 0 saturated carbocycles.